The normalized spacial score (nSPS) is 27.9. The third-order valence-electron chi connectivity index (χ3n) is 4.93. The largest absolute Gasteiger partial charge is 0.489 e. The first-order valence-electron chi connectivity index (χ1n) is 8.68. The Morgan fingerprint density at radius 1 is 1.37 bits per heavy atom. The number of hydrogen-bond acceptors (Lipinski definition) is 8. The van der Waals surface area contributed by atoms with Crippen molar-refractivity contribution in [2.45, 2.75) is 36.2 Å². The van der Waals surface area contributed by atoms with Crippen LogP contribution in [0.3, 0.4) is 0 Å². The summed E-state index contributed by atoms with van der Waals surface area (Å²) in [6, 6.07) is 3.54. The Morgan fingerprint density at radius 3 is 2.74 bits per heavy atom. The van der Waals surface area contributed by atoms with Crippen LogP contribution in [-0.2, 0) is 19.6 Å². The Balaban J connectivity index is 1.68. The van der Waals surface area contributed by atoms with Crippen molar-refractivity contribution in [2.24, 2.45) is 0 Å². The summed E-state index contributed by atoms with van der Waals surface area (Å²) in [5.74, 6) is -0.567. The van der Waals surface area contributed by atoms with Gasteiger partial charge in [-0.2, -0.15) is 0 Å². The van der Waals surface area contributed by atoms with Crippen LogP contribution in [0.1, 0.15) is 19.3 Å². The summed E-state index contributed by atoms with van der Waals surface area (Å²) in [7, 11) is -3.98. The number of amides is 1. The maximum absolute atomic E-state index is 13.0. The number of pyridine rings is 1. The number of aromatic nitrogens is 1. The number of hydrogen-bond donors (Lipinski definition) is 3. The number of ether oxygens (including phenoxy) is 2. The van der Waals surface area contributed by atoms with Crippen LogP contribution in [0.2, 0.25) is 0 Å². The average molecular weight is 401 g/mol. The number of rotatable bonds is 5. The Bertz CT molecular complexity index is 753. The molecule has 0 radical (unpaired) electrons. The molecule has 2 aliphatic rings. The van der Waals surface area contributed by atoms with Gasteiger partial charge in [-0.05, 0) is 31.4 Å². The third-order valence-corrected chi connectivity index (χ3v) is 7.36. The van der Waals surface area contributed by atoms with Crippen molar-refractivity contribution in [3.63, 3.8) is 0 Å². The van der Waals surface area contributed by atoms with Gasteiger partial charge in [0, 0.05) is 25.9 Å². The summed E-state index contributed by atoms with van der Waals surface area (Å²) < 4.78 is 38.2. The molecule has 3 rings (SSSR count). The lowest BCUT2D eigenvalue weighted by Crippen LogP contribution is -2.64. The molecular formula is C16H23N3O7S. The standard InChI is InChI=1S/C16H23N3O7S/c20-15(18-22)16(21)11-25-9-5-14(16)27(23,24)19-7-3-12(4-8-19)26-13-2-1-6-17-10-13/h1-2,6,10,12,14,21-22H,3-5,7-9,11H2,(H,18,20). The first kappa shape index (κ1) is 20.0. The molecule has 10 nitrogen and oxygen atoms in total. The second-order valence-electron chi connectivity index (χ2n) is 6.65. The van der Waals surface area contributed by atoms with Crippen molar-refractivity contribution in [3.05, 3.63) is 24.5 Å². The maximum atomic E-state index is 13.0. The molecule has 1 aromatic rings. The lowest BCUT2D eigenvalue weighted by atomic mass is 9.95. The number of sulfonamides is 1. The van der Waals surface area contributed by atoms with E-state index in [-0.39, 0.29) is 32.2 Å². The minimum atomic E-state index is -3.98. The second kappa shape index (κ2) is 8.07. The highest BCUT2D eigenvalue weighted by atomic mass is 32.2. The molecule has 0 bridgehead atoms. The summed E-state index contributed by atoms with van der Waals surface area (Å²) >= 11 is 0. The Kier molecular flexibility index (Phi) is 5.96. The Labute approximate surface area is 157 Å². The molecule has 2 unspecified atom stereocenters. The number of nitrogens with one attached hydrogen (secondary N) is 1. The van der Waals surface area contributed by atoms with Crippen molar-refractivity contribution in [3.8, 4) is 5.75 Å². The lowest BCUT2D eigenvalue weighted by molar-refractivity contribution is -0.161. The molecule has 2 atom stereocenters. The van der Waals surface area contributed by atoms with Gasteiger partial charge in [0.15, 0.2) is 5.60 Å². The molecule has 1 aromatic heterocycles. The smallest absolute Gasteiger partial charge is 0.279 e. The molecule has 0 saturated carbocycles. The number of hydroxylamine groups is 1. The quantitative estimate of drug-likeness (QED) is 0.434. The van der Waals surface area contributed by atoms with Crippen molar-refractivity contribution in [1.82, 2.24) is 14.8 Å². The van der Waals surface area contributed by atoms with Crippen LogP contribution in [0.15, 0.2) is 24.5 Å². The maximum Gasteiger partial charge on any atom is 0.279 e. The number of piperidine rings is 1. The fourth-order valence-corrected chi connectivity index (χ4v) is 5.59. The first-order valence-corrected chi connectivity index (χ1v) is 10.2. The Hall–Kier alpha value is -1.79. The highest BCUT2D eigenvalue weighted by molar-refractivity contribution is 7.89. The van der Waals surface area contributed by atoms with Gasteiger partial charge >= 0.3 is 0 Å². The summed E-state index contributed by atoms with van der Waals surface area (Å²) in [4.78, 5) is 15.9. The van der Waals surface area contributed by atoms with E-state index in [1.54, 1.807) is 24.5 Å². The van der Waals surface area contributed by atoms with Crippen molar-refractivity contribution < 1.29 is 33.0 Å². The highest BCUT2D eigenvalue weighted by Crippen LogP contribution is 2.31. The third kappa shape index (κ3) is 4.06. The van der Waals surface area contributed by atoms with E-state index in [2.05, 4.69) is 4.98 Å². The molecule has 2 fully saturated rings. The van der Waals surface area contributed by atoms with E-state index in [4.69, 9.17) is 14.7 Å². The molecule has 0 aromatic carbocycles. The van der Waals surface area contributed by atoms with Gasteiger partial charge in [0.2, 0.25) is 10.0 Å². The van der Waals surface area contributed by atoms with Gasteiger partial charge in [0.25, 0.3) is 5.91 Å². The molecule has 27 heavy (non-hydrogen) atoms. The molecule has 1 amide bonds. The zero-order valence-corrected chi connectivity index (χ0v) is 15.5. The summed E-state index contributed by atoms with van der Waals surface area (Å²) in [6.45, 7) is 0.0261. The van der Waals surface area contributed by atoms with Crippen LogP contribution in [-0.4, -0.2) is 77.2 Å². The van der Waals surface area contributed by atoms with Crippen LogP contribution >= 0.6 is 0 Å². The van der Waals surface area contributed by atoms with Gasteiger partial charge in [-0.1, -0.05) is 0 Å². The molecule has 3 N–H and O–H groups in total. The van der Waals surface area contributed by atoms with Gasteiger partial charge in [0.1, 0.15) is 17.1 Å². The lowest BCUT2D eigenvalue weighted by Gasteiger charge is -2.41. The number of nitrogens with zero attached hydrogens (tertiary/aromatic N) is 2. The van der Waals surface area contributed by atoms with E-state index in [0.717, 1.165) is 0 Å². The molecule has 11 heteroatoms. The predicted molar refractivity (Wildman–Crippen MR) is 92.5 cm³/mol. The fraction of sp³-hybridized carbons (Fsp3) is 0.625. The second-order valence-corrected chi connectivity index (χ2v) is 8.76. The predicted octanol–water partition coefficient (Wildman–Crippen LogP) is -0.720. The summed E-state index contributed by atoms with van der Waals surface area (Å²) in [5.41, 5.74) is -1.00. The van der Waals surface area contributed by atoms with Crippen LogP contribution in [0.25, 0.3) is 0 Å². The van der Waals surface area contributed by atoms with Crippen molar-refractivity contribution >= 4 is 15.9 Å². The number of carbonyl (C=O) groups is 1. The van der Waals surface area contributed by atoms with E-state index >= 15 is 0 Å². The van der Waals surface area contributed by atoms with E-state index in [1.807, 2.05) is 0 Å². The summed E-state index contributed by atoms with van der Waals surface area (Å²) in [5, 5.41) is 18.1. The first-order chi connectivity index (χ1) is 12.9. The van der Waals surface area contributed by atoms with Gasteiger partial charge in [-0.15, -0.1) is 0 Å². The molecule has 3 heterocycles. The van der Waals surface area contributed by atoms with Crippen LogP contribution in [0.5, 0.6) is 5.75 Å². The number of carbonyl (C=O) groups excluding carboxylic acids is 1. The van der Waals surface area contributed by atoms with Crippen molar-refractivity contribution in [2.75, 3.05) is 26.3 Å². The topological polar surface area (TPSA) is 138 Å². The van der Waals surface area contributed by atoms with E-state index in [0.29, 0.717) is 18.6 Å². The van der Waals surface area contributed by atoms with E-state index < -0.39 is 33.4 Å². The fourth-order valence-electron chi connectivity index (χ4n) is 3.45. The molecule has 0 aliphatic carbocycles. The summed E-state index contributed by atoms with van der Waals surface area (Å²) in [6.07, 6.45) is 4.00. The SMILES string of the molecule is O=C(NO)C1(O)COCCC1S(=O)(=O)N1CCC(Oc2cccnc2)CC1. The molecular weight excluding hydrogens is 378 g/mol. The molecule has 2 aliphatic heterocycles. The van der Waals surface area contributed by atoms with Gasteiger partial charge < -0.3 is 14.6 Å². The minimum Gasteiger partial charge on any atom is -0.489 e. The van der Waals surface area contributed by atoms with Crippen molar-refractivity contribution in [1.29, 1.82) is 0 Å². The van der Waals surface area contributed by atoms with Crippen LogP contribution in [0, 0.1) is 0 Å². The van der Waals surface area contributed by atoms with Crippen LogP contribution in [0.4, 0.5) is 0 Å². The minimum absolute atomic E-state index is 0.0433. The van der Waals surface area contributed by atoms with Gasteiger partial charge in [-0.3, -0.25) is 15.0 Å². The van der Waals surface area contributed by atoms with E-state index in [1.165, 1.54) is 9.79 Å². The monoisotopic (exact) mass is 401 g/mol. The average Bonchev–Trinajstić information content (AvgIpc) is 2.68. The molecule has 150 valence electrons. The zero-order valence-electron chi connectivity index (χ0n) is 14.7. The van der Waals surface area contributed by atoms with E-state index in [9.17, 15) is 18.3 Å². The zero-order chi connectivity index (χ0) is 19.5. The number of aliphatic hydroxyl groups is 1. The van der Waals surface area contributed by atoms with Crippen LogP contribution < -0.4 is 10.2 Å². The molecule has 2 saturated heterocycles. The Morgan fingerprint density at radius 2 is 2.11 bits per heavy atom. The van der Waals surface area contributed by atoms with Gasteiger partial charge in [-0.25, -0.2) is 18.2 Å². The highest BCUT2D eigenvalue weighted by Gasteiger charge is 2.54. The molecule has 0 spiro atoms. The van der Waals surface area contributed by atoms with Gasteiger partial charge in [0.05, 0.1) is 12.8 Å².